The molecule has 0 N–H and O–H groups in total. The fraction of sp³-hybridized carbons (Fsp3) is 0.385. The van der Waals surface area contributed by atoms with Crippen molar-refractivity contribution in [3.63, 3.8) is 0 Å². The van der Waals surface area contributed by atoms with Crippen LogP contribution in [0.4, 0.5) is 5.69 Å². The molecule has 106 valence electrons. The van der Waals surface area contributed by atoms with Crippen LogP contribution in [0, 0.1) is 11.3 Å². The second-order valence-electron chi connectivity index (χ2n) is 4.25. The van der Waals surface area contributed by atoms with Gasteiger partial charge in [-0.15, -0.1) is 0 Å². The molecule has 7 heteroatoms. The van der Waals surface area contributed by atoms with E-state index in [1.807, 2.05) is 6.07 Å². The monoisotopic (exact) mass is 293 g/mol. The van der Waals surface area contributed by atoms with Crippen LogP contribution in [-0.4, -0.2) is 38.8 Å². The van der Waals surface area contributed by atoms with Crippen molar-refractivity contribution in [1.82, 2.24) is 4.31 Å². The van der Waals surface area contributed by atoms with Crippen molar-refractivity contribution in [3.8, 4) is 6.07 Å². The number of ether oxygens (including phenoxy) is 1. The number of hydrogen-bond donors (Lipinski definition) is 0. The van der Waals surface area contributed by atoms with E-state index in [-0.39, 0.29) is 23.7 Å². The molecule has 1 aromatic carbocycles. The Labute approximate surface area is 118 Å². The van der Waals surface area contributed by atoms with E-state index >= 15 is 0 Å². The van der Waals surface area contributed by atoms with E-state index in [1.54, 1.807) is 25.3 Å². The number of rotatable bonds is 5. The Balaban J connectivity index is 2.42. The van der Waals surface area contributed by atoms with Crippen LogP contribution in [-0.2, 0) is 14.8 Å². The van der Waals surface area contributed by atoms with Gasteiger partial charge in [0.25, 0.3) is 10.0 Å². The minimum atomic E-state index is -3.64. The van der Waals surface area contributed by atoms with Crippen molar-refractivity contribution in [3.05, 3.63) is 24.3 Å². The van der Waals surface area contributed by atoms with Gasteiger partial charge in [-0.3, -0.25) is 4.31 Å². The van der Waals surface area contributed by atoms with E-state index in [4.69, 9.17) is 10.00 Å². The highest BCUT2D eigenvalue weighted by Crippen LogP contribution is 2.32. The Bertz CT molecular complexity index is 662. The maximum atomic E-state index is 12.6. The Morgan fingerprint density at radius 2 is 2.15 bits per heavy atom. The lowest BCUT2D eigenvalue weighted by Gasteiger charge is -2.28. The molecule has 0 fully saturated rings. The van der Waals surface area contributed by atoms with Gasteiger partial charge in [0.1, 0.15) is 10.7 Å². The lowest BCUT2D eigenvalue weighted by Crippen LogP contribution is -2.39. The molecule has 0 aromatic heterocycles. The molecule has 0 radical (unpaired) electrons. The molecular formula is C13H15N3O3S. The maximum Gasteiger partial charge on any atom is 0.267 e. The zero-order chi connectivity index (χ0) is 14.6. The number of para-hydroxylation sites is 1. The molecule has 0 atom stereocenters. The molecule has 2 rings (SSSR count). The molecule has 1 aliphatic rings. The molecule has 0 spiro atoms. The fourth-order valence-electron chi connectivity index (χ4n) is 2.02. The van der Waals surface area contributed by atoms with Gasteiger partial charge in [0.15, 0.2) is 0 Å². The highest BCUT2D eigenvalue weighted by Gasteiger charge is 2.33. The third-order valence-corrected chi connectivity index (χ3v) is 4.79. The van der Waals surface area contributed by atoms with Crippen LogP contribution in [0.2, 0.25) is 0 Å². The topological polar surface area (TPSA) is 82.8 Å². The highest BCUT2D eigenvalue weighted by molar-refractivity contribution is 7.90. The second kappa shape index (κ2) is 6.03. The third-order valence-electron chi connectivity index (χ3n) is 2.92. The van der Waals surface area contributed by atoms with E-state index in [9.17, 15) is 8.42 Å². The summed E-state index contributed by atoms with van der Waals surface area (Å²) >= 11 is 0. The van der Waals surface area contributed by atoms with Gasteiger partial charge in [0, 0.05) is 20.3 Å². The zero-order valence-electron chi connectivity index (χ0n) is 11.1. The average molecular weight is 293 g/mol. The van der Waals surface area contributed by atoms with E-state index < -0.39 is 10.0 Å². The lowest BCUT2D eigenvalue weighted by atomic mass is 10.3. The van der Waals surface area contributed by atoms with Crippen LogP contribution in [0.3, 0.4) is 0 Å². The van der Waals surface area contributed by atoms with E-state index in [0.29, 0.717) is 18.7 Å². The van der Waals surface area contributed by atoms with Crippen LogP contribution in [0.1, 0.15) is 12.8 Å². The van der Waals surface area contributed by atoms with Gasteiger partial charge in [-0.2, -0.15) is 5.26 Å². The Morgan fingerprint density at radius 3 is 2.85 bits per heavy atom. The number of benzene rings is 1. The van der Waals surface area contributed by atoms with Crippen LogP contribution in [0.5, 0.6) is 0 Å². The molecule has 0 bridgehead atoms. The molecule has 0 saturated heterocycles. The van der Waals surface area contributed by atoms with Gasteiger partial charge in [-0.1, -0.05) is 12.1 Å². The number of fused-ring (bicyclic) bond motifs is 1. The van der Waals surface area contributed by atoms with Gasteiger partial charge in [-0.25, -0.2) is 13.4 Å². The number of amidine groups is 1. The molecule has 1 aromatic rings. The summed E-state index contributed by atoms with van der Waals surface area (Å²) < 4.78 is 31.3. The Kier molecular flexibility index (Phi) is 4.37. The number of nitriles is 1. The van der Waals surface area contributed by atoms with E-state index in [1.165, 1.54) is 10.4 Å². The summed E-state index contributed by atoms with van der Waals surface area (Å²) in [7, 11) is -2.08. The maximum absolute atomic E-state index is 12.6. The number of methoxy groups -OCH3 is 1. The summed E-state index contributed by atoms with van der Waals surface area (Å²) in [5.74, 6) is 0.266. The van der Waals surface area contributed by atoms with Crippen LogP contribution < -0.4 is 0 Å². The molecule has 1 heterocycles. The minimum Gasteiger partial charge on any atom is -0.385 e. The fourth-order valence-corrected chi connectivity index (χ4v) is 3.64. The van der Waals surface area contributed by atoms with Crippen molar-refractivity contribution >= 4 is 21.5 Å². The smallest absolute Gasteiger partial charge is 0.267 e. The first kappa shape index (κ1) is 14.5. The van der Waals surface area contributed by atoms with Gasteiger partial charge in [0.2, 0.25) is 0 Å². The largest absolute Gasteiger partial charge is 0.385 e. The molecule has 0 aliphatic carbocycles. The average Bonchev–Trinajstić information content (AvgIpc) is 2.42. The number of hydrogen-bond acceptors (Lipinski definition) is 5. The predicted octanol–water partition coefficient (Wildman–Crippen LogP) is 1.67. The standard InChI is InChI=1S/C13H15N3O3S/c1-19-10-4-9-16-13(7-8-14)15-11-5-2-3-6-12(11)20(16,17)18/h2-3,5-6H,4,7,9-10H2,1H3. The van der Waals surface area contributed by atoms with E-state index in [0.717, 1.165) is 0 Å². The summed E-state index contributed by atoms with van der Waals surface area (Å²) in [5, 5.41) is 8.85. The highest BCUT2D eigenvalue weighted by atomic mass is 32.2. The SMILES string of the molecule is COCCCN1C(CC#N)=Nc2ccccc2S1(=O)=O. The molecule has 1 aliphatic heterocycles. The van der Waals surface area contributed by atoms with Gasteiger partial charge in [-0.05, 0) is 18.6 Å². The zero-order valence-corrected chi connectivity index (χ0v) is 11.9. The molecule has 0 amide bonds. The Hall–Kier alpha value is -1.91. The molecule has 0 unspecified atom stereocenters. The predicted molar refractivity (Wildman–Crippen MR) is 74.2 cm³/mol. The normalized spacial score (nSPS) is 16.2. The molecule has 20 heavy (non-hydrogen) atoms. The first-order valence-corrected chi connectivity index (χ1v) is 7.60. The first-order chi connectivity index (χ1) is 9.61. The summed E-state index contributed by atoms with van der Waals surface area (Å²) in [6.07, 6.45) is 0.503. The number of nitrogens with zero attached hydrogens (tertiary/aromatic N) is 3. The van der Waals surface area contributed by atoms with Crippen molar-refractivity contribution in [2.75, 3.05) is 20.3 Å². The van der Waals surface area contributed by atoms with Crippen molar-refractivity contribution < 1.29 is 13.2 Å². The third kappa shape index (κ3) is 2.66. The first-order valence-electron chi connectivity index (χ1n) is 6.16. The Morgan fingerprint density at radius 1 is 1.40 bits per heavy atom. The summed E-state index contributed by atoms with van der Waals surface area (Å²) in [6, 6.07) is 8.51. The summed E-state index contributed by atoms with van der Waals surface area (Å²) in [4.78, 5) is 4.47. The van der Waals surface area contributed by atoms with Crippen molar-refractivity contribution in [1.29, 1.82) is 5.26 Å². The van der Waals surface area contributed by atoms with Crippen LogP contribution >= 0.6 is 0 Å². The summed E-state index contributed by atoms with van der Waals surface area (Å²) in [5.41, 5.74) is 0.390. The molecule has 6 nitrogen and oxygen atoms in total. The van der Waals surface area contributed by atoms with Gasteiger partial charge >= 0.3 is 0 Å². The summed E-state index contributed by atoms with van der Waals surface area (Å²) in [6.45, 7) is 0.707. The molecule has 0 saturated carbocycles. The second-order valence-corrected chi connectivity index (χ2v) is 6.08. The lowest BCUT2D eigenvalue weighted by molar-refractivity contribution is 0.191. The van der Waals surface area contributed by atoms with Gasteiger partial charge in [0.05, 0.1) is 18.2 Å². The van der Waals surface area contributed by atoms with E-state index in [2.05, 4.69) is 4.99 Å². The van der Waals surface area contributed by atoms with Crippen molar-refractivity contribution in [2.45, 2.75) is 17.7 Å². The minimum absolute atomic E-state index is 0.0411. The van der Waals surface area contributed by atoms with Crippen molar-refractivity contribution in [2.24, 2.45) is 4.99 Å². The number of aliphatic imine (C=N–C) groups is 1. The quantitative estimate of drug-likeness (QED) is 0.773. The van der Waals surface area contributed by atoms with Gasteiger partial charge < -0.3 is 4.74 Å². The number of sulfonamides is 1. The van der Waals surface area contributed by atoms with Crippen LogP contribution in [0.25, 0.3) is 0 Å². The molecular weight excluding hydrogens is 278 g/mol. The van der Waals surface area contributed by atoms with Crippen LogP contribution in [0.15, 0.2) is 34.2 Å².